The van der Waals surface area contributed by atoms with Gasteiger partial charge in [-0.05, 0) is 40.7 Å². The fourth-order valence-corrected chi connectivity index (χ4v) is 2.32. The van der Waals surface area contributed by atoms with Crippen LogP contribution < -0.4 is 5.32 Å². The molecule has 0 bridgehead atoms. The van der Waals surface area contributed by atoms with E-state index in [9.17, 15) is 4.79 Å². The summed E-state index contributed by atoms with van der Waals surface area (Å²) in [5, 5.41) is 3.15. The Bertz CT molecular complexity index is 282. The lowest BCUT2D eigenvalue weighted by molar-refractivity contribution is -0.123. The molecule has 5 nitrogen and oxygen atoms in total. The predicted molar refractivity (Wildman–Crippen MR) is 84.0 cm³/mol. The zero-order valence-corrected chi connectivity index (χ0v) is 13.5. The molecule has 5 heteroatoms. The maximum absolute atomic E-state index is 11.9. The van der Waals surface area contributed by atoms with E-state index < -0.39 is 0 Å². The van der Waals surface area contributed by atoms with Gasteiger partial charge in [0.2, 0.25) is 5.91 Å². The lowest BCUT2D eigenvalue weighted by Gasteiger charge is -2.32. The highest BCUT2D eigenvalue weighted by Crippen LogP contribution is 2.10. The smallest absolute Gasteiger partial charge is 0.234 e. The van der Waals surface area contributed by atoms with Gasteiger partial charge < -0.3 is 15.0 Å². The molecule has 1 saturated heterocycles. The minimum Gasteiger partial charge on any atom is -0.380 e. The standard InChI is InChI=1S/C15H31N3O2.H2/c1-5-20-11-10-18-8-6-14(7-9-18)16-15(19)12-17(4)13(2)3;/h13-14H,5-12H2,1-4H3,(H,16,19);1H. The molecule has 1 fully saturated rings. The lowest BCUT2D eigenvalue weighted by Crippen LogP contribution is -2.48. The first-order valence-corrected chi connectivity index (χ1v) is 7.82. The van der Waals surface area contributed by atoms with Crippen LogP contribution in [0.2, 0.25) is 0 Å². The Balaban J connectivity index is 0.00000400. The molecule has 1 amide bonds. The molecule has 0 aromatic carbocycles. The minimum atomic E-state index is 0. The Morgan fingerprint density at radius 1 is 1.45 bits per heavy atom. The van der Waals surface area contributed by atoms with Crippen LogP contribution >= 0.6 is 0 Å². The second-order valence-electron chi connectivity index (χ2n) is 5.89. The van der Waals surface area contributed by atoms with Crippen LogP contribution in [0.15, 0.2) is 0 Å². The van der Waals surface area contributed by atoms with Crippen LogP contribution in [0.1, 0.15) is 35.0 Å². The molecule has 1 heterocycles. The van der Waals surface area contributed by atoms with Gasteiger partial charge in [0.1, 0.15) is 0 Å². The van der Waals surface area contributed by atoms with Crippen molar-refractivity contribution in [3.05, 3.63) is 0 Å². The summed E-state index contributed by atoms with van der Waals surface area (Å²) in [4.78, 5) is 16.4. The first-order chi connectivity index (χ1) is 9.52. The molecule has 1 aliphatic heterocycles. The Morgan fingerprint density at radius 2 is 2.10 bits per heavy atom. The van der Waals surface area contributed by atoms with E-state index in [1.165, 1.54) is 0 Å². The van der Waals surface area contributed by atoms with Gasteiger partial charge in [-0.15, -0.1) is 0 Å². The Morgan fingerprint density at radius 3 is 2.65 bits per heavy atom. The summed E-state index contributed by atoms with van der Waals surface area (Å²) in [7, 11) is 1.99. The van der Waals surface area contributed by atoms with Crippen LogP contribution in [0.5, 0.6) is 0 Å². The van der Waals surface area contributed by atoms with E-state index in [0.717, 1.165) is 45.7 Å². The summed E-state index contributed by atoms with van der Waals surface area (Å²) in [6.07, 6.45) is 2.09. The molecule has 0 aromatic rings. The number of nitrogens with one attached hydrogen (secondary N) is 1. The monoisotopic (exact) mass is 287 g/mol. The summed E-state index contributed by atoms with van der Waals surface area (Å²) in [6, 6.07) is 0.743. The summed E-state index contributed by atoms with van der Waals surface area (Å²) in [5.74, 6) is 0.147. The third-order valence-corrected chi connectivity index (χ3v) is 3.98. The van der Waals surface area contributed by atoms with Crippen molar-refractivity contribution < 1.29 is 11.0 Å². The fourth-order valence-electron chi connectivity index (χ4n) is 2.32. The Labute approximate surface area is 125 Å². The maximum atomic E-state index is 11.9. The molecule has 0 saturated carbocycles. The number of likely N-dealkylation sites (N-methyl/N-ethyl adjacent to an activating group) is 1. The molecule has 1 aliphatic rings. The van der Waals surface area contributed by atoms with Gasteiger partial charge in [0.05, 0.1) is 13.2 Å². The third-order valence-electron chi connectivity index (χ3n) is 3.98. The number of carbonyl (C=O) groups is 1. The van der Waals surface area contributed by atoms with Crippen LogP contribution in [0.3, 0.4) is 0 Å². The largest absolute Gasteiger partial charge is 0.380 e. The number of rotatable bonds is 8. The van der Waals surface area contributed by atoms with Crippen LogP contribution in [0.4, 0.5) is 0 Å². The molecule has 20 heavy (non-hydrogen) atoms. The molecule has 0 atom stereocenters. The van der Waals surface area contributed by atoms with Crippen LogP contribution in [0.25, 0.3) is 0 Å². The number of nitrogens with zero attached hydrogens (tertiary/aromatic N) is 2. The molecule has 1 N–H and O–H groups in total. The van der Waals surface area contributed by atoms with Gasteiger partial charge in [-0.2, -0.15) is 0 Å². The van der Waals surface area contributed by atoms with Crippen molar-refractivity contribution in [2.24, 2.45) is 0 Å². The van der Waals surface area contributed by atoms with E-state index >= 15 is 0 Å². The number of ether oxygens (including phenoxy) is 1. The summed E-state index contributed by atoms with van der Waals surface area (Å²) in [6.45, 7) is 11.4. The molecule has 0 radical (unpaired) electrons. The van der Waals surface area contributed by atoms with Crippen molar-refractivity contribution in [2.75, 3.05) is 46.4 Å². The average molecular weight is 287 g/mol. The van der Waals surface area contributed by atoms with E-state index in [0.29, 0.717) is 18.6 Å². The van der Waals surface area contributed by atoms with Gasteiger partial charge in [0, 0.05) is 39.8 Å². The zero-order valence-electron chi connectivity index (χ0n) is 13.5. The Hall–Kier alpha value is -0.650. The van der Waals surface area contributed by atoms with E-state index in [1.807, 2.05) is 14.0 Å². The number of carbonyl (C=O) groups excluding carboxylic acids is 1. The molecule has 1 rings (SSSR count). The fraction of sp³-hybridized carbons (Fsp3) is 0.933. The third kappa shape index (κ3) is 6.68. The average Bonchev–Trinajstić information content (AvgIpc) is 2.40. The number of hydrogen-bond donors (Lipinski definition) is 1. The SMILES string of the molecule is CCOCCN1CCC(NC(=O)CN(C)C(C)C)CC1.[HH]. The van der Waals surface area contributed by atoms with Crippen molar-refractivity contribution in [1.29, 1.82) is 0 Å². The number of piperidine rings is 1. The summed E-state index contributed by atoms with van der Waals surface area (Å²) in [5.41, 5.74) is 0. The van der Waals surface area contributed by atoms with Crippen molar-refractivity contribution in [2.45, 2.75) is 45.7 Å². The highest BCUT2D eigenvalue weighted by molar-refractivity contribution is 5.78. The number of amides is 1. The predicted octanol–water partition coefficient (Wildman–Crippen LogP) is 1.19. The number of hydrogen-bond acceptors (Lipinski definition) is 4. The van der Waals surface area contributed by atoms with Gasteiger partial charge in [0.15, 0.2) is 0 Å². The topological polar surface area (TPSA) is 44.8 Å². The van der Waals surface area contributed by atoms with E-state index in [2.05, 4.69) is 29.0 Å². The molecular formula is C15H33N3O2. The van der Waals surface area contributed by atoms with E-state index in [4.69, 9.17) is 4.74 Å². The second-order valence-corrected chi connectivity index (χ2v) is 5.89. The summed E-state index contributed by atoms with van der Waals surface area (Å²) < 4.78 is 5.38. The van der Waals surface area contributed by atoms with E-state index in [1.54, 1.807) is 0 Å². The molecule has 0 aromatic heterocycles. The van der Waals surface area contributed by atoms with Crippen molar-refractivity contribution in [1.82, 2.24) is 15.1 Å². The first-order valence-electron chi connectivity index (χ1n) is 7.82. The van der Waals surface area contributed by atoms with Crippen molar-refractivity contribution in [3.63, 3.8) is 0 Å². The molecule has 0 unspecified atom stereocenters. The maximum Gasteiger partial charge on any atom is 0.234 e. The van der Waals surface area contributed by atoms with Gasteiger partial charge >= 0.3 is 0 Å². The first kappa shape index (κ1) is 17.4. The highest BCUT2D eigenvalue weighted by Gasteiger charge is 2.21. The van der Waals surface area contributed by atoms with Gasteiger partial charge in [0.25, 0.3) is 0 Å². The van der Waals surface area contributed by atoms with Crippen LogP contribution in [0, 0.1) is 0 Å². The quantitative estimate of drug-likeness (QED) is 0.681. The molecular weight excluding hydrogens is 254 g/mol. The second kappa shape index (κ2) is 9.32. The zero-order chi connectivity index (χ0) is 15.0. The van der Waals surface area contributed by atoms with Crippen LogP contribution in [-0.4, -0.2) is 74.2 Å². The van der Waals surface area contributed by atoms with Gasteiger partial charge in [-0.25, -0.2) is 0 Å². The summed E-state index contributed by atoms with van der Waals surface area (Å²) >= 11 is 0. The van der Waals surface area contributed by atoms with Crippen molar-refractivity contribution in [3.8, 4) is 0 Å². The van der Waals surface area contributed by atoms with Gasteiger partial charge in [-0.3, -0.25) is 9.69 Å². The van der Waals surface area contributed by atoms with Gasteiger partial charge in [-0.1, -0.05) is 0 Å². The highest BCUT2D eigenvalue weighted by atomic mass is 16.5. The van der Waals surface area contributed by atoms with Crippen LogP contribution in [-0.2, 0) is 9.53 Å². The van der Waals surface area contributed by atoms with E-state index in [-0.39, 0.29) is 7.33 Å². The minimum absolute atomic E-state index is 0. The normalized spacial score (nSPS) is 17.9. The molecule has 120 valence electrons. The molecule has 0 spiro atoms. The number of likely N-dealkylation sites (tertiary alicyclic amines) is 1. The van der Waals surface area contributed by atoms with Crippen molar-refractivity contribution >= 4 is 5.91 Å². The lowest BCUT2D eigenvalue weighted by atomic mass is 10.1. The molecule has 0 aliphatic carbocycles. The Kier molecular flexibility index (Phi) is 8.11.